The molecule has 12 aromatic rings. The molecule has 0 spiro atoms. The van der Waals surface area contributed by atoms with Crippen LogP contribution in [0.3, 0.4) is 0 Å². The van der Waals surface area contributed by atoms with Gasteiger partial charge in [-0.1, -0.05) is 141 Å². The molecule has 0 saturated carbocycles. The van der Waals surface area contributed by atoms with Crippen molar-refractivity contribution in [2.75, 3.05) is 0 Å². The van der Waals surface area contributed by atoms with Crippen molar-refractivity contribution >= 4 is 81.6 Å². The van der Waals surface area contributed by atoms with Gasteiger partial charge in [-0.25, -0.2) is 9.97 Å². The average Bonchev–Trinajstić information content (AvgIpc) is 3.80. The quantitative estimate of drug-likeness (QED) is 0.168. The fourth-order valence-electron chi connectivity index (χ4n) is 10.3. The van der Waals surface area contributed by atoms with E-state index in [-0.39, 0.29) is 5.41 Å². The van der Waals surface area contributed by atoms with Crippen LogP contribution in [0.4, 0.5) is 0 Å². The summed E-state index contributed by atoms with van der Waals surface area (Å²) in [5.74, 6) is 0.677. The molecule has 1 aliphatic carbocycles. The van der Waals surface area contributed by atoms with Crippen molar-refractivity contribution < 1.29 is 0 Å². The Morgan fingerprint density at radius 3 is 2.05 bits per heavy atom. The van der Waals surface area contributed by atoms with Gasteiger partial charge in [-0.2, -0.15) is 0 Å². The predicted octanol–water partition coefficient (Wildman–Crippen LogP) is 13.0. The highest BCUT2D eigenvalue weighted by atomic mass is 15.2. The first-order valence-corrected chi connectivity index (χ1v) is 19.1. The summed E-state index contributed by atoms with van der Waals surface area (Å²) in [6, 6.07) is 57.6. The lowest BCUT2D eigenvalue weighted by atomic mass is 9.81. The smallest absolute Gasteiger partial charge is 0.235 e. The maximum Gasteiger partial charge on any atom is 0.235 e. The SMILES string of the molecule is CC1(C)c2ccccc2-c2c1cc1c3cccc4c5ccccc5n(c5cccc6c5c1c2n6-c1nc(-c2ccccc2)c2c(ccc5ccccc52)n1)c34. The molecule has 0 aliphatic heterocycles. The summed E-state index contributed by atoms with van der Waals surface area (Å²) in [6.45, 7) is 4.77. The highest BCUT2D eigenvalue weighted by Gasteiger charge is 2.39. The van der Waals surface area contributed by atoms with Gasteiger partial charge in [0.1, 0.15) is 0 Å². The third kappa shape index (κ3) is 3.57. The molecule has 4 aromatic heterocycles. The van der Waals surface area contributed by atoms with E-state index in [2.05, 4.69) is 181 Å². The van der Waals surface area contributed by atoms with Gasteiger partial charge in [0.15, 0.2) is 0 Å². The molecule has 4 heteroatoms. The Labute approximate surface area is 315 Å². The van der Waals surface area contributed by atoms with E-state index in [0.717, 1.165) is 33.1 Å². The van der Waals surface area contributed by atoms with Crippen LogP contribution in [0.1, 0.15) is 25.0 Å². The standard InChI is InChI=1S/C51H32N4/c1-51(2)37-22-10-8-19-35(37)43-38(51)28-36-34-21-12-20-33-32-18-9-11-23-40(32)54(48(33)34)41-24-13-25-42-46(41)45(36)49(43)55(42)50-52-39-27-26-29-14-6-7-17-31(29)44(39)47(53-50)30-15-4-3-5-16-30/h3-28H,1-2H3. The number of hydrogen-bond donors (Lipinski definition) is 0. The third-order valence-corrected chi connectivity index (χ3v) is 12.6. The molecule has 13 rings (SSSR count). The Hall–Kier alpha value is -7.04. The van der Waals surface area contributed by atoms with Gasteiger partial charge < -0.3 is 4.40 Å². The molecule has 0 radical (unpaired) electrons. The van der Waals surface area contributed by atoms with Crippen LogP contribution >= 0.6 is 0 Å². The molecule has 8 aromatic carbocycles. The fraction of sp³-hybridized carbons (Fsp3) is 0.0588. The number of nitrogens with zero attached hydrogens (tertiary/aromatic N) is 4. The second kappa shape index (κ2) is 10.1. The molecule has 0 saturated heterocycles. The summed E-state index contributed by atoms with van der Waals surface area (Å²) in [6.07, 6.45) is 0. The third-order valence-electron chi connectivity index (χ3n) is 12.6. The number of hydrogen-bond acceptors (Lipinski definition) is 2. The summed E-state index contributed by atoms with van der Waals surface area (Å²) in [5, 5.41) is 10.9. The lowest BCUT2D eigenvalue weighted by Crippen LogP contribution is -2.15. The van der Waals surface area contributed by atoms with E-state index in [1.54, 1.807) is 0 Å². The van der Waals surface area contributed by atoms with Gasteiger partial charge in [0, 0.05) is 48.9 Å². The van der Waals surface area contributed by atoms with Crippen molar-refractivity contribution in [2.24, 2.45) is 0 Å². The normalized spacial score (nSPS) is 13.8. The predicted molar refractivity (Wildman–Crippen MR) is 229 cm³/mol. The zero-order chi connectivity index (χ0) is 36.2. The van der Waals surface area contributed by atoms with Gasteiger partial charge in [0.25, 0.3) is 0 Å². The number of fused-ring (bicyclic) bond motifs is 12. The van der Waals surface area contributed by atoms with Crippen molar-refractivity contribution in [1.29, 1.82) is 0 Å². The van der Waals surface area contributed by atoms with E-state index in [9.17, 15) is 0 Å². The summed E-state index contributed by atoms with van der Waals surface area (Å²) >= 11 is 0. The molecule has 55 heavy (non-hydrogen) atoms. The summed E-state index contributed by atoms with van der Waals surface area (Å²) < 4.78 is 4.91. The van der Waals surface area contributed by atoms with Crippen LogP contribution in [0.5, 0.6) is 0 Å². The van der Waals surface area contributed by atoms with Crippen LogP contribution in [0.15, 0.2) is 158 Å². The van der Waals surface area contributed by atoms with Crippen molar-refractivity contribution in [3.05, 3.63) is 169 Å². The molecule has 4 heterocycles. The topological polar surface area (TPSA) is 35.1 Å². The molecule has 0 atom stereocenters. The Balaban J connectivity index is 1.32. The maximum absolute atomic E-state index is 5.65. The number of benzene rings is 8. The Bertz CT molecular complexity index is 3620. The Morgan fingerprint density at radius 1 is 0.473 bits per heavy atom. The van der Waals surface area contributed by atoms with E-state index in [4.69, 9.17) is 9.97 Å². The summed E-state index contributed by atoms with van der Waals surface area (Å²) in [7, 11) is 0. The van der Waals surface area contributed by atoms with Gasteiger partial charge in [-0.3, -0.25) is 4.57 Å². The van der Waals surface area contributed by atoms with Crippen LogP contribution in [0.2, 0.25) is 0 Å². The summed E-state index contributed by atoms with van der Waals surface area (Å²) in [5.41, 5.74) is 13.9. The van der Waals surface area contributed by atoms with E-state index < -0.39 is 0 Å². The Morgan fingerprint density at radius 2 is 1.16 bits per heavy atom. The van der Waals surface area contributed by atoms with Crippen LogP contribution in [-0.4, -0.2) is 18.9 Å². The van der Waals surface area contributed by atoms with Crippen LogP contribution in [0, 0.1) is 0 Å². The molecule has 1 aliphatic rings. The molecule has 0 amide bonds. The molecule has 0 fully saturated rings. The van der Waals surface area contributed by atoms with Crippen LogP contribution in [0.25, 0.3) is 110 Å². The lowest BCUT2D eigenvalue weighted by Gasteiger charge is -2.22. The van der Waals surface area contributed by atoms with Crippen molar-refractivity contribution in [3.63, 3.8) is 0 Å². The van der Waals surface area contributed by atoms with Crippen molar-refractivity contribution in [2.45, 2.75) is 19.3 Å². The molecule has 0 N–H and O–H groups in total. The van der Waals surface area contributed by atoms with Gasteiger partial charge in [-0.05, 0) is 63.2 Å². The van der Waals surface area contributed by atoms with Gasteiger partial charge >= 0.3 is 0 Å². The average molecular weight is 701 g/mol. The first-order valence-electron chi connectivity index (χ1n) is 19.1. The highest BCUT2D eigenvalue weighted by molar-refractivity contribution is 6.33. The van der Waals surface area contributed by atoms with E-state index in [1.165, 1.54) is 82.0 Å². The van der Waals surface area contributed by atoms with Crippen LogP contribution < -0.4 is 0 Å². The number of para-hydroxylation sites is 2. The highest BCUT2D eigenvalue weighted by Crippen LogP contribution is 2.55. The molecule has 256 valence electrons. The molecular weight excluding hydrogens is 669 g/mol. The van der Waals surface area contributed by atoms with Crippen molar-refractivity contribution in [3.8, 4) is 28.3 Å². The molecule has 0 bridgehead atoms. The molecular formula is C51H32N4. The molecule has 0 unspecified atom stereocenters. The fourth-order valence-corrected chi connectivity index (χ4v) is 10.3. The first-order chi connectivity index (χ1) is 27.1. The second-order valence-corrected chi connectivity index (χ2v) is 15.7. The van der Waals surface area contributed by atoms with Gasteiger partial charge in [-0.15, -0.1) is 0 Å². The van der Waals surface area contributed by atoms with E-state index in [0.29, 0.717) is 5.95 Å². The lowest BCUT2D eigenvalue weighted by molar-refractivity contribution is 0.661. The van der Waals surface area contributed by atoms with E-state index in [1.807, 2.05) is 0 Å². The van der Waals surface area contributed by atoms with Gasteiger partial charge in [0.2, 0.25) is 5.95 Å². The Kier molecular flexibility index (Phi) is 5.42. The van der Waals surface area contributed by atoms with Crippen molar-refractivity contribution in [1.82, 2.24) is 18.9 Å². The second-order valence-electron chi connectivity index (χ2n) is 15.7. The maximum atomic E-state index is 5.65. The monoisotopic (exact) mass is 700 g/mol. The minimum Gasteiger partial charge on any atom is -0.308 e. The summed E-state index contributed by atoms with van der Waals surface area (Å²) in [4.78, 5) is 11.2. The largest absolute Gasteiger partial charge is 0.308 e. The number of aromatic nitrogens is 4. The minimum atomic E-state index is -0.216. The first kappa shape index (κ1) is 29.4. The number of rotatable bonds is 2. The van der Waals surface area contributed by atoms with Gasteiger partial charge in [0.05, 0.1) is 38.8 Å². The molecule has 4 nitrogen and oxygen atoms in total. The van der Waals surface area contributed by atoms with E-state index >= 15 is 0 Å². The zero-order valence-electron chi connectivity index (χ0n) is 30.3. The van der Waals surface area contributed by atoms with Crippen LogP contribution in [-0.2, 0) is 5.41 Å². The zero-order valence-corrected chi connectivity index (χ0v) is 30.3. The minimum absolute atomic E-state index is 0.216.